The molecule has 1 aromatic carbocycles. The molecule has 2 N–H and O–H groups in total. The Labute approximate surface area is 162 Å². The van der Waals surface area contributed by atoms with Crippen molar-refractivity contribution in [3.63, 3.8) is 0 Å². The molecule has 2 heterocycles. The maximum absolute atomic E-state index is 12.7. The van der Waals surface area contributed by atoms with Crippen LogP contribution in [0.5, 0.6) is 0 Å². The summed E-state index contributed by atoms with van der Waals surface area (Å²) < 4.78 is 5.71. The number of piperidine rings is 1. The Morgan fingerprint density at radius 3 is 2.26 bits per heavy atom. The summed E-state index contributed by atoms with van der Waals surface area (Å²) in [5.74, 6) is 1.46. The Balaban J connectivity index is 1.57. The Morgan fingerprint density at radius 1 is 1.07 bits per heavy atom. The fourth-order valence-electron chi connectivity index (χ4n) is 3.79. The number of aliphatic imine (C=N–C) groups is 1. The minimum absolute atomic E-state index is 0.0639. The number of amides is 1. The van der Waals surface area contributed by atoms with Crippen LogP contribution in [0.1, 0.15) is 49.5 Å². The van der Waals surface area contributed by atoms with Crippen molar-refractivity contribution in [1.82, 2.24) is 9.80 Å². The molecule has 2 atom stereocenters. The molecule has 0 bridgehead atoms. The number of nitrogens with zero attached hydrogens (tertiary/aromatic N) is 3. The molecule has 2 aliphatic rings. The van der Waals surface area contributed by atoms with Crippen molar-refractivity contribution in [1.29, 1.82) is 0 Å². The van der Waals surface area contributed by atoms with Gasteiger partial charge in [-0.05, 0) is 50.3 Å². The third kappa shape index (κ3) is 5.22. The zero-order valence-corrected chi connectivity index (χ0v) is 16.7. The van der Waals surface area contributed by atoms with E-state index < -0.39 is 0 Å². The molecule has 0 spiro atoms. The van der Waals surface area contributed by atoms with Crippen molar-refractivity contribution < 1.29 is 9.53 Å². The van der Waals surface area contributed by atoms with Gasteiger partial charge in [-0.25, -0.2) is 4.99 Å². The Kier molecular flexibility index (Phi) is 6.37. The van der Waals surface area contributed by atoms with Gasteiger partial charge < -0.3 is 20.3 Å². The molecule has 2 unspecified atom stereocenters. The molecule has 1 aromatic rings. The monoisotopic (exact) mass is 372 g/mol. The third-order valence-corrected chi connectivity index (χ3v) is 5.44. The zero-order chi connectivity index (χ0) is 19.4. The first-order valence-corrected chi connectivity index (χ1v) is 10.0. The van der Waals surface area contributed by atoms with Crippen LogP contribution in [0.3, 0.4) is 0 Å². The van der Waals surface area contributed by atoms with Crippen molar-refractivity contribution in [2.75, 3.05) is 26.2 Å². The largest absolute Gasteiger partial charge is 0.372 e. The topological polar surface area (TPSA) is 71.2 Å². The molecule has 1 amide bonds. The van der Waals surface area contributed by atoms with E-state index in [1.165, 1.54) is 12.8 Å². The normalized spacial score (nSPS) is 24.9. The van der Waals surface area contributed by atoms with E-state index in [9.17, 15) is 4.79 Å². The van der Waals surface area contributed by atoms with Crippen LogP contribution in [-0.2, 0) is 11.3 Å². The minimum atomic E-state index is 0.0639. The van der Waals surface area contributed by atoms with Gasteiger partial charge in [-0.1, -0.05) is 19.1 Å². The smallest absolute Gasteiger partial charge is 0.254 e. The second kappa shape index (κ2) is 8.74. The number of benzene rings is 1. The predicted octanol–water partition coefficient (Wildman–Crippen LogP) is 2.48. The van der Waals surface area contributed by atoms with Gasteiger partial charge in [0, 0.05) is 31.7 Å². The molecule has 2 saturated heterocycles. The fourth-order valence-corrected chi connectivity index (χ4v) is 3.79. The van der Waals surface area contributed by atoms with Gasteiger partial charge in [0.25, 0.3) is 5.91 Å². The lowest BCUT2D eigenvalue weighted by atomic mass is 10.00. The highest BCUT2D eigenvalue weighted by atomic mass is 16.5. The zero-order valence-electron chi connectivity index (χ0n) is 16.7. The summed E-state index contributed by atoms with van der Waals surface area (Å²) in [7, 11) is 0. The highest BCUT2D eigenvalue weighted by Crippen LogP contribution is 2.17. The quantitative estimate of drug-likeness (QED) is 0.654. The SMILES string of the molecule is CC1CCN(C(N)=NCc2ccc(C(=O)N3CC(C)OC(C)C3)cc2)CC1. The molecule has 6 heteroatoms. The number of likely N-dealkylation sites (tertiary alicyclic amines) is 1. The van der Waals surface area contributed by atoms with Crippen LogP contribution in [0.15, 0.2) is 29.3 Å². The predicted molar refractivity (Wildman–Crippen MR) is 108 cm³/mol. The van der Waals surface area contributed by atoms with E-state index in [4.69, 9.17) is 10.5 Å². The molecule has 0 aliphatic carbocycles. The number of rotatable bonds is 3. The molecule has 0 aromatic heterocycles. The maximum Gasteiger partial charge on any atom is 0.254 e. The van der Waals surface area contributed by atoms with Crippen LogP contribution in [-0.4, -0.2) is 60.1 Å². The molecule has 2 fully saturated rings. The second-order valence-corrected chi connectivity index (χ2v) is 8.01. The first kappa shape index (κ1) is 19.7. The molecular weight excluding hydrogens is 340 g/mol. The van der Waals surface area contributed by atoms with E-state index in [0.717, 1.165) is 24.6 Å². The number of ether oxygens (including phenoxy) is 1. The van der Waals surface area contributed by atoms with Gasteiger partial charge >= 0.3 is 0 Å². The van der Waals surface area contributed by atoms with Crippen molar-refractivity contribution in [3.05, 3.63) is 35.4 Å². The maximum atomic E-state index is 12.7. The van der Waals surface area contributed by atoms with E-state index in [1.54, 1.807) is 0 Å². The van der Waals surface area contributed by atoms with E-state index in [1.807, 2.05) is 43.0 Å². The molecule has 3 rings (SSSR count). The molecule has 0 radical (unpaired) electrons. The van der Waals surface area contributed by atoms with Gasteiger partial charge in [0.2, 0.25) is 0 Å². The van der Waals surface area contributed by atoms with Crippen LogP contribution in [0.2, 0.25) is 0 Å². The lowest BCUT2D eigenvalue weighted by Gasteiger charge is -2.35. The van der Waals surface area contributed by atoms with Gasteiger partial charge in [-0.15, -0.1) is 0 Å². The summed E-state index contributed by atoms with van der Waals surface area (Å²) in [5.41, 5.74) is 7.92. The van der Waals surface area contributed by atoms with E-state index in [2.05, 4.69) is 16.8 Å². The summed E-state index contributed by atoms with van der Waals surface area (Å²) in [6.45, 7) is 10.1. The summed E-state index contributed by atoms with van der Waals surface area (Å²) in [5, 5.41) is 0. The first-order chi connectivity index (χ1) is 12.9. The summed E-state index contributed by atoms with van der Waals surface area (Å²) in [6, 6.07) is 7.71. The molecule has 6 nitrogen and oxygen atoms in total. The lowest BCUT2D eigenvalue weighted by Crippen LogP contribution is -2.48. The Bertz CT molecular complexity index is 655. The van der Waals surface area contributed by atoms with E-state index >= 15 is 0 Å². The third-order valence-electron chi connectivity index (χ3n) is 5.44. The van der Waals surface area contributed by atoms with Crippen molar-refractivity contribution >= 4 is 11.9 Å². The first-order valence-electron chi connectivity index (χ1n) is 10.0. The van der Waals surface area contributed by atoms with Crippen LogP contribution >= 0.6 is 0 Å². The van der Waals surface area contributed by atoms with Gasteiger partial charge in [0.1, 0.15) is 0 Å². The van der Waals surface area contributed by atoms with E-state index in [-0.39, 0.29) is 18.1 Å². The second-order valence-electron chi connectivity index (χ2n) is 8.01. The molecule has 27 heavy (non-hydrogen) atoms. The summed E-state index contributed by atoms with van der Waals surface area (Å²) >= 11 is 0. The number of guanidine groups is 1. The van der Waals surface area contributed by atoms with E-state index in [0.29, 0.717) is 31.2 Å². The molecule has 148 valence electrons. The fraction of sp³-hybridized carbons (Fsp3) is 0.619. The van der Waals surface area contributed by atoms with Crippen molar-refractivity contribution in [3.8, 4) is 0 Å². The number of nitrogens with two attached hydrogens (primary N) is 1. The van der Waals surface area contributed by atoms with Gasteiger partial charge in [0.15, 0.2) is 5.96 Å². The highest BCUT2D eigenvalue weighted by molar-refractivity contribution is 5.94. The van der Waals surface area contributed by atoms with Crippen LogP contribution < -0.4 is 5.73 Å². The number of carbonyl (C=O) groups is 1. The highest BCUT2D eigenvalue weighted by Gasteiger charge is 2.26. The van der Waals surface area contributed by atoms with Crippen molar-refractivity contribution in [2.24, 2.45) is 16.6 Å². The molecule has 2 aliphatic heterocycles. The lowest BCUT2D eigenvalue weighted by molar-refractivity contribution is -0.0586. The standard InChI is InChI=1S/C21H32N4O2/c1-15-8-10-24(11-9-15)21(22)23-12-18-4-6-19(7-5-18)20(26)25-13-16(2)27-17(3)14-25/h4-7,15-17H,8-14H2,1-3H3,(H2,22,23). The number of carbonyl (C=O) groups excluding carboxylic acids is 1. The number of hydrogen-bond donors (Lipinski definition) is 1. The summed E-state index contributed by atoms with van der Waals surface area (Å²) in [6.07, 6.45) is 2.50. The van der Waals surface area contributed by atoms with Gasteiger partial charge in [0.05, 0.1) is 18.8 Å². The average molecular weight is 373 g/mol. The molecule has 0 saturated carbocycles. The van der Waals surface area contributed by atoms with Crippen LogP contribution in [0.25, 0.3) is 0 Å². The van der Waals surface area contributed by atoms with Crippen molar-refractivity contribution in [2.45, 2.75) is 52.4 Å². The van der Waals surface area contributed by atoms with Crippen LogP contribution in [0.4, 0.5) is 0 Å². The Hall–Kier alpha value is -2.08. The average Bonchev–Trinajstić information content (AvgIpc) is 2.66. The molecular formula is C21H32N4O2. The number of morpholine rings is 1. The Morgan fingerprint density at radius 2 is 1.67 bits per heavy atom. The number of hydrogen-bond acceptors (Lipinski definition) is 3. The minimum Gasteiger partial charge on any atom is -0.372 e. The van der Waals surface area contributed by atoms with Gasteiger partial charge in [-0.2, -0.15) is 0 Å². The van der Waals surface area contributed by atoms with Crippen LogP contribution in [0, 0.1) is 5.92 Å². The summed E-state index contributed by atoms with van der Waals surface area (Å²) in [4.78, 5) is 21.3. The van der Waals surface area contributed by atoms with Gasteiger partial charge in [-0.3, -0.25) is 4.79 Å².